The van der Waals surface area contributed by atoms with Crippen molar-refractivity contribution in [2.45, 2.75) is 88.0 Å². The van der Waals surface area contributed by atoms with Crippen molar-refractivity contribution in [2.75, 3.05) is 12.0 Å². The van der Waals surface area contributed by atoms with Gasteiger partial charge in [-0.25, -0.2) is 35.9 Å². The van der Waals surface area contributed by atoms with E-state index in [1.54, 1.807) is 43.0 Å². The highest BCUT2D eigenvalue weighted by Gasteiger charge is 2.31. The van der Waals surface area contributed by atoms with Crippen LogP contribution in [0.5, 0.6) is 0 Å². The lowest BCUT2D eigenvalue weighted by Crippen LogP contribution is -2.23. The van der Waals surface area contributed by atoms with Crippen LogP contribution in [0.25, 0.3) is 24.3 Å². The maximum atomic E-state index is 14.7. The van der Waals surface area contributed by atoms with Gasteiger partial charge < -0.3 is 9.64 Å². The maximum Gasteiger partial charge on any atom is 0.159 e. The molecule has 6 aliphatic rings. The maximum absolute atomic E-state index is 14.7. The lowest BCUT2D eigenvalue weighted by atomic mass is 9.88. The van der Waals surface area contributed by atoms with E-state index in [0.717, 1.165) is 42.0 Å². The minimum Gasteiger partial charge on any atom is -0.525 e. The van der Waals surface area contributed by atoms with Gasteiger partial charge in [0.15, 0.2) is 36.3 Å². The number of nitrogens with zero attached hydrogens (tertiary/aromatic N) is 7. The van der Waals surface area contributed by atoms with Crippen LogP contribution in [0.1, 0.15) is 155 Å². The molecule has 0 aromatic heterocycles. The number of ether oxygens (including phenoxy) is 1. The zero-order valence-corrected chi connectivity index (χ0v) is 73.5. The van der Waals surface area contributed by atoms with Crippen molar-refractivity contribution in [3.8, 4) is 0 Å². The second kappa shape index (κ2) is 40.9. The molecule has 0 N–H and O–H groups in total. The normalized spacial score (nSPS) is 13.7. The third kappa shape index (κ3) is 20.6. The molecular formula is C114H107F4N7O. The van der Waals surface area contributed by atoms with Crippen molar-refractivity contribution < 1.29 is 49.8 Å². The van der Waals surface area contributed by atoms with Crippen LogP contribution in [-0.2, 0) is 17.6 Å². The minimum atomic E-state index is -0.613. The van der Waals surface area contributed by atoms with E-state index in [9.17, 15) is 17.6 Å². The molecule has 0 atom stereocenters. The molecule has 8 nitrogen and oxygen atoms in total. The third-order valence-corrected chi connectivity index (χ3v) is 22.7. The molecule has 12 aromatic carbocycles. The van der Waals surface area contributed by atoms with Crippen LogP contribution in [0.15, 0.2) is 334 Å². The Morgan fingerprint density at radius 3 is 1.06 bits per heavy atom. The number of benzene rings is 12. The zero-order valence-electron chi connectivity index (χ0n) is 73.5. The van der Waals surface area contributed by atoms with Gasteiger partial charge in [0, 0.05) is 28.2 Å². The highest BCUT2D eigenvalue weighted by molar-refractivity contribution is 5.72. The van der Waals surface area contributed by atoms with Gasteiger partial charge in [0.2, 0.25) is 0 Å². The predicted molar refractivity (Wildman–Crippen MR) is 513 cm³/mol. The summed E-state index contributed by atoms with van der Waals surface area (Å²) in [6, 6.07) is 92.5. The smallest absolute Gasteiger partial charge is 0.159 e. The van der Waals surface area contributed by atoms with Gasteiger partial charge in [-0.3, -0.25) is 9.15 Å². The van der Waals surface area contributed by atoms with Crippen molar-refractivity contribution >= 4 is 76.0 Å². The largest absolute Gasteiger partial charge is 0.525 e. The van der Waals surface area contributed by atoms with Gasteiger partial charge in [-0.15, -0.1) is 0 Å². The molecule has 12 heteroatoms. The number of hydrogen-bond donors (Lipinski definition) is 0. The molecular weight excluding hydrogens is 1560 g/mol. The Hall–Kier alpha value is -14.9. The van der Waals surface area contributed by atoms with Crippen molar-refractivity contribution in [3.05, 3.63) is 521 Å². The number of unbranched alkanes of at least 4 members (excludes halogenated alkanes) is 1. The fourth-order valence-electron chi connectivity index (χ4n) is 16.3. The summed E-state index contributed by atoms with van der Waals surface area (Å²) in [7, 11) is 1.53. The van der Waals surface area contributed by atoms with Gasteiger partial charge in [0.25, 0.3) is 0 Å². The summed E-state index contributed by atoms with van der Waals surface area (Å²) >= 11 is 0. The number of anilines is 2. The van der Waals surface area contributed by atoms with Crippen LogP contribution in [0, 0.1) is 108 Å². The molecule has 6 heterocycles. The van der Waals surface area contributed by atoms with E-state index in [2.05, 4.69) is 294 Å². The second-order valence-corrected chi connectivity index (χ2v) is 31.6. The average Bonchev–Trinajstić information content (AvgIpc) is 0.785. The molecule has 0 bridgehead atoms. The Morgan fingerprint density at radius 2 is 0.675 bits per heavy atom. The van der Waals surface area contributed by atoms with Crippen molar-refractivity contribution in [1.82, 2.24) is 0 Å². The summed E-state index contributed by atoms with van der Waals surface area (Å²) in [5.41, 5.74) is 28.8. The zero-order chi connectivity index (χ0) is 89.2. The Morgan fingerprint density at radius 1 is 0.325 bits per heavy atom. The van der Waals surface area contributed by atoms with E-state index < -0.39 is 23.3 Å². The summed E-state index contributed by atoms with van der Waals surface area (Å²) < 4.78 is 71.3. The van der Waals surface area contributed by atoms with Crippen LogP contribution in [0.2, 0.25) is 0 Å². The molecule has 0 amide bonds. The fraction of sp³-hybridized carbons (Fsp3) is 0.123. The number of aryl methyl sites for hydroxylation is 9. The summed E-state index contributed by atoms with van der Waals surface area (Å²) in [4.78, 5) is 2.08. The topological polar surface area (TPSA) is 30.5 Å². The number of methoxy groups -OCH3 is 1. The van der Waals surface area contributed by atoms with Gasteiger partial charge in [-0.05, 0) is 156 Å². The number of rotatable bonds is 14. The SMILES string of the molecule is C=[N+]1C=CC(N(c2ccccc2)c2ccccc2)=C[C-]1c1c(C)cc(F)cc1F.C=[N+]1C=CC(OC)=C[C-]1c1c(C)cc(F)cc1F.C=[N+]1C=Cc2ccccc2[C-]1c1ccc(C)cc1C.C=[N+]1C=Cc2ccccc2[C-]1c1ccc(CC)cc1C.C=[N+]1C=Cc2ccccc2[C-]1c1ccc(CCCC)cc1C.C=[N+]1C=Cc2ccccc2[C-]1c1ccccc1C. The molecule has 0 aliphatic carbocycles. The molecule has 632 valence electrons. The van der Waals surface area contributed by atoms with Crippen LogP contribution in [0.4, 0.5) is 28.9 Å². The summed E-state index contributed by atoms with van der Waals surface area (Å²) in [6.07, 6.45) is 31.9. The van der Waals surface area contributed by atoms with E-state index in [4.69, 9.17) is 4.74 Å². The van der Waals surface area contributed by atoms with Crippen LogP contribution >= 0.6 is 0 Å². The van der Waals surface area contributed by atoms with Gasteiger partial charge in [-0.1, -0.05) is 359 Å². The lowest BCUT2D eigenvalue weighted by Gasteiger charge is -2.31. The second-order valence-electron chi connectivity index (χ2n) is 31.6. The van der Waals surface area contributed by atoms with E-state index in [1.807, 2.05) is 116 Å². The molecule has 6 aliphatic heterocycles. The number of allylic oxidation sites excluding steroid dienone is 2. The Bertz CT molecular complexity index is 6290. The molecule has 0 spiro atoms. The first kappa shape index (κ1) is 88.9. The molecule has 18 rings (SSSR count). The summed E-state index contributed by atoms with van der Waals surface area (Å²) in [5.74, 6) is -1.81. The monoisotopic (exact) mass is 1670 g/mol. The average molecular weight is 1670 g/mol. The summed E-state index contributed by atoms with van der Waals surface area (Å²) in [6.45, 7) is 42.9. The molecule has 126 heavy (non-hydrogen) atoms. The van der Waals surface area contributed by atoms with Crippen LogP contribution in [-0.4, -0.2) is 74.9 Å². The van der Waals surface area contributed by atoms with E-state index in [1.165, 1.54) is 167 Å². The Labute approximate surface area is 742 Å². The molecule has 0 saturated heterocycles. The first-order valence-corrected chi connectivity index (χ1v) is 42.3. The van der Waals surface area contributed by atoms with Gasteiger partial charge in [0.05, 0.1) is 64.8 Å². The Kier molecular flexibility index (Phi) is 28.8. The number of fused-ring (bicyclic) bond motifs is 4. The molecule has 0 radical (unpaired) electrons. The summed E-state index contributed by atoms with van der Waals surface area (Å²) in [5, 5.41) is 0. The van der Waals surface area contributed by atoms with Gasteiger partial charge >= 0.3 is 0 Å². The van der Waals surface area contributed by atoms with E-state index in [-0.39, 0.29) is 0 Å². The number of hydrogen-bond acceptors (Lipinski definition) is 2. The highest BCUT2D eigenvalue weighted by Crippen LogP contribution is 2.41. The third-order valence-electron chi connectivity index (χ3n) is 22.7. The van der Waals surface area contributed by atoms with Crippen molar-refractivity contribution in [3.63, 3.8) is 0 Å². The standard InChI is InChI=1S/C25H20F2N2.C21H23N.C19H19N.C18H17N.C17H15N.C14H13F2NO/c1-18-15-19(26)16-23(27)25(18)24-17-22(13-14-28(24)2)29(20-9-5-3-6-10-20)21-11-7-4-8-12-21;1-4-5-8-17-11-12-19(16(2)15-17)21-20-10-7-6-9-18(20)13-14-22(21)3;1-4-15-9-10-17(14(2)13-15)19-18-8-6-5-7-16(18)11-12-20(19)3;1-13-8-9-16(14(2)12-13)18-17-7-5-4-6-15(17)10-11-19(18)3;1-13-7-3-5-9-15(13)17-16-10-6-4-8-14(16)11-12-18(17)2;1-9-6-10(15)7-12(16)14(9)13-8-11(18-3)4-5-17(13)2/h3-17H,2H2,1H3;6-7,9-15H,3-5,8H2,1-2H3;5-13H,3-4H2,1-2H3;4-12H,3H2,1-2H3;3-12H,2H2,1H3;4-8H,2H2,1,3H3. The van der Waals surface area contributed by atoms with Crippen LogP contribution < -0.4 is 4.90 Å². The number of halogens is 4. The first-order chi connectivity index (χ1) is 60.9. The highest BCUT2D eigenvalue weighted by atomic mass is 19.1. The fourth-order valence-corrected chi connectivity index (χ4v) is 16.3. The van der Waals surface area contributed by atoms with E-state index in [0.29, 0.717) is 40.1 Å². The van der Waals surface area contributed by atoms with Crippen LogP contribution in [0.3, 0.4) is 0 Å². The molecule has 0 unspecified atom stereocenters. The van der Waals surface area contributed by atoms with Crippen molar-refractivity contribution in [1.29, 1.82) is 0 Å². The number of para-hydroxylation sites is 2. The van der Waals surface area contributed by atoms with Gasteiger partial charge in [0.1, 0.15) is 48.8 Å². The predicted octanol–water partition coefficient (Wildman–Crippen LogP) is 25.7. The van der Waals surface area contributed by atoms with Crippen molar-refractivity contribution in [2.24, 2.45) is 0 Å². The quantitative estimate of drug-likeness (QED) is 0.0617. The minimum absolute atomic E-state index is 0.324. The van der Waals surface area contributed by atoms with E-state index >= 15 is 0 Å². The lowest BCUT2D eigenvalue weighted by molar-refractivity contribution is -0.419. The first-order valence-electron chi connectivity index (χ1n) is 42.3. The Balaban J connectivity index is 0.000000131. The van der Waals surface area contributed by atoms with Gasteiger partial charge in [-0.2, -0.15) is 0 Å². The molecule has 12 aromatic rings. The molecule has 0 saturated carbocycles. The molecule has 0 fully saturated rings.